The maximum Gasteiger partial charge on any atom is 0.488 e. The van der Waals surface area contributed by atoms with Gasteiger partial charge in [0, 0.05) is 6.04 Å². The first-order valence-corrected chi connectivity index (χ1v) is 7.96. The van der Waals surface area contributed by atoms with Crippen molar-refractivity contribution in [3.8, 4) is 0 Å². The molecule has 1 aliphatic rings. The van der Waals surface area contributed by atoms with Crippen LogP contribution in [0.5, 0.6) is 0 Å². The molecule has 7 heteroatoms. The van der Waals surface area contributed by atoms with Gasteiger partial charge in [0.15, 0.2) is 0 Å². The molecule has 0 radical (unpaired) electrons. The summed E-state index contributed by atoms with van der Waals surface area (Å²) >= 11 is 0. The molecular weight excluding hydrogens is 265 g/mol. The third-order valence-corrected chi connectivity index (χ3v) is 4.91. The molecule has 3 N–H and O–H groups in total. The predicted molar refractivity (Wildman–Crippen MR) is 73.5 cm³/mol. The topological polar surface area (TPSA) is 86.6 Å². The molecule has 2 rings (SSSR count). The van der Waals surface area contributed by atoms with E-state index in [-0.39, 0.29) is 16.4 Å². The summed E-state index contributed by atoms with van der Waals surface area (Å²) in [5, 5.41) is 18.2. The van der Waals surface area contributed by atoms with E-state index in [9.17, 15) is 8.42 Å². The van der Waals surface area contributed by atoms with Crippen LogP contribution < -0.4 is 10.2 Å². The maximum absolute atomic E-state index is 12.2. The zero-order valence-corrected chi connectivity index (χ0v) is 11.4. The van der Waals surface area contributed by atoms with Gasteiger partial charge in [-0.05, 0) is 30.4 Å². The predicted octanol–water partition coefficient (Wildman–Crippen LogP) is -0.0226. The van der Waals surface area contributed by atoms with Crippen molar-refractivity contribution < 1.29 is 18.5 Å². The van der Waals surface area contributed by atoms with Crippen molar-refractivity contribution in [1.29, 1.82) is 0 Å². The summed E-state index contributed by atoms with van der Waals surface area (Å²) in [6, 6.07) is 5.71. The van der Waals surface area contributed by atoms with Gasteiger partial charge in [0.2, 0.25) is 10.0 Å². The van der Waals surface area contributed by atoms with Crippen molar-refractivity contribution in [3.63, 3.8) is 0 Å². The fourth-order valence-corrected chi connectivity index (χ4v) is 3.71. The van der Waals surface area contributed by atoms with Gasteiger partial charge in [0.05, 0.1) is 4.90 Å². The highest BCUT2D eigenvalue weighted by Gasteiger charge is 2.23. The van der Waals surface area contributed by atoms with Gasteiger partial charge in [-0.25, -0.2) is 13.1 Å². The second-order valence-electron chi connectivity index (χ2n) is 4.90. The molecule has 1 fully saturated rings. The van der Waals surface area contributed by atoms with E-state index in [4.69, 9.17) is 10.0 Å². The van der Waals surface area contributed by atoms with Crippen LogP contribution in [0.4, 0.5) is 0 Å². The summed E-state index contributed by atoms with van der Waals surface area (Å²) in [7, 11) is -5.25. The average Bonchev–Trinajstić information content (AvgIpc) is 2.39. The van der Waals surface area contributed by atoms with Crippen LogP contribution in [-0.4, -0.2) is 31.6 Å². The van der Waals surface area contributed by atoms with Gasteiger partial charge < -0.3 is 10.0 Å². The molecule has 0 atom stereocenters. The monoisotopic (exact) mass is 283 g/mol. The molecule has 0 amide bonds. The van der Waals surface area contributed by atoms with Crippen LogP contribution in [0.25, 0.3) is 0 Å². The van der Waals surface area contributed by atoms with Gasteiger partial charge in [-0.2, -0.15) is 0 Å². The molecule has 0 spiro atoms. The first-order chi connectivity index (χ1) is 8.99. The Kier molecular flexibility index (Phi) is 4.62. The first kappa shape index (κ1) is 14.5. The summed E-state index contributed by atoms with van der Waals surface area (Å²) in [5.41, 5.74) is 0.173. The summed E-state index contributed by atoms with van der Waals surface area (Å²) in [5.74, 6) is 0. The molecule has 1 aliphatic carbocycles. The number of hydrogen-bond donors (Lipinski definition) is 3. The van der Waals surface area contributed by atoms with E-state index in [0.717, 1.165) is 32.1 Å². The molecule has 0 aliphatic heterocycles. The molecule has 1 saturated carbocycles. The van der Waals surface area contributed by atoms with Crippen LogP contribution in [0.15, 0.2) is 29.2 Å². The van der Waals surface area contributed by atoms with Gasteiger partial charge in [-0.15, -0.1) is 0 Å². The molecule has 0 saturated heterocycles. The van der Waals surface area contributed by atoms with Gasteiger partial charge in [0.25, 0.3) is 0 Å². The Bertz CT molecular complexity index is 526. The Morgan fingerprint density at radius 1 is 1.16 bits per heavy atom. The Hall–Kier alpha value is -0.885. The lowest BCUT2D eigenvalue weighted by molar-refractivity contribution is 0.412. The third-order valence-electron chi connectivity index (χ3n) is 3.39. The van der Waals surface area contributed by atoms with Crippen LogP contribution in [-0.2, 0) is 10.0 Å². The smallest absolute Gasteiger partial charge is 0.423 e. The Morgan fingerprint density at radius 3 is 2.47 bits per heavy atom. The van der Waals surface area contributed by atoms with Crippen molar-refractivity contribution in [2.45, 2.75) is 43.0 Å². The minimum Gasteiger partial charge on any atom is -0.423 e. The van der Waals surface area contributed by atoms with E-state index in [2.05, 4.69) is 4.72 Å². The maximum atomic E-state index is 12.2. The summed E-state index contributed by atoms with van der Waals surface area (Å²) < 4.78 is 27.1. The normalized spacial score (nSPS) is 17.4. The summed E-state index contributed by atoms with van der Waals surface area (Å²) in [4.78, 5) is 0.0728. The van der Waals surface area contributed by atoms with Crippen molar-refractivity contribution in [3.05, 3.63) is 24.3 Å². The van der Waals surface area contributed by atoms with Crippen molar-refractivity contribution in [1.82, 2.24) is 4.72 Å². The van der Waals surface area contributed by atoms with Crippen LogP contribution in [0.1, 0.15) is 32.1 Å². The highest BCUT2D eigenvalue weighted by molar-refractivity contribution is 7.89. The van der Waals surface area contributed by atoms with Crippen molar-refractivity contribution in [2.75, 3.05) is 0 Å². The molecule has 5 nitrogen and oxygen atoms in total. The van der Waals surface area contributed by atoms with Crippen molar-refractivity contribution >= 4 is 22.6 Å². The Morgan fingerprint density at radius 2 is 1.84 bits per heavy atom. The molecular formula is C12H18BNO4S. The molecule has 0 aromatic heterocycles. The fourth-order valence-electron chi connectivity index (χ4n) is 2.35. The van der Waals surface area contributed by atoms with E-state index in [1.54, 1.807) is 0 Å². The van der Waals surface area contributed by atoms with E-state index in [1.165, 1.54) is 24.3 Å². The number of sulfonamides is 1. The van der Waals surface area contributed by atoms with Crippen molar-refractivity contribution in [2.24, 2.45) is 0 Å². The van der Waals surface area contributed by atoms with Crippen LogP contribution >= 0.6 is 0 Å². The molecule has 1 aromatic rings. The molecule has 104 valence electrons. The standard InChI is InChI=1S/C12H18BNO4S/c15-13(16)10-5-4-8-12(9-10)19(17,18)14-11-6-2-1-3-7-11/h4-5,8-9,11,14-16H,1-3,6-7H2. The Balaban J connectivity index is 2.16. The molecule has 19 heavy (non-hydrogen) atoms. The first-order valence-electron chi connectivity index (χ1n) is 6.47. The highest BCUT2D eigenvalue weighted by Crippen LogP contribution is 2.19. The number of nitrogens with one attached hydrogen (secondary N) is 1. The quantitative estimate of drug-likeness (QED) is 0.678. The SMILES string of the molecule is O=S(=O)(NC1CCCCC1)c1cccc(B(O)O)c1. The van der Waals surface area contributed by atoms with E-state index < -0.39 is 17.1 Å². The second-order valence-corrected chi connectivity index (χ2v) is 6.62. The number of benzene rings is 1. The third kappa shape index (κ3) is 3.79. The van der Waals surface area contributed by atoms with Gasteiger partial charge in [-0.1, -0.05) is 31.4 Å². The zero-order valence-electron chi connectivity index (χ0n) is 10.6. The zero-order chi connectivity index (χ0) is 13.9. The largest absolute Gasteiger partial charge is 0.488 e. The van der Waals surface area contributed by atoms with E-state index >= 15 is 0 Å². The van der Waals surface area contributed by atoms with Crippen LogP contribution in [0.3, 0.4) is 0 Å². The minimum absolute atomic E-state index is 0.0125. The van der Waals surface area contributed by atoms with Gasteiger partial charge in [0.1, 0.15) is 0 Å². The lowest BCUT2D eigenvalue weighted by atomic mass is 9.80. The lowest BCUT2D eigenvalue weighted by Gasteiger charge is -2.22. The summed E-state index contributed by atoms with van der Waals surface area (Å²) in [6.45, 7) is 0. The van der Waals surface area contributed by atoms with Crippen LogP contribution in [0, 0.1) is 0 Å². The fraction of sp³-hybridized carbons (Fsp3) is 0.500. The minimum atomic E-state index is -3.59. The molecule has 0 unspecified atom stereocenters. The van der Waals surface area contributed by atoms with Crippen LogP contribution in [0.2, 0.25) is 0 Å². The highest BCUT2D eigenvalue weighted by atomic mass is 32.2. The Labute approximate surface area is 113 Å². The molecule has 0 bridgehead atoms. The number of hydrogen-bond acceptors (Lipinski definition) is 4. The lowest BCUT2D eigenvalue weighted by Crippen LogP contribution is -2.37. The summed E-state index contributed by atoms with van der Waals surface area (Å²) in [6.07, 6.45) is 4.97. The van der Waals surface area contributed by atoms with Gasteiger partial charge in [-0.3, -0.25) is 0 Å². The van der Waals surface area contributed by atoms with E-state index in [0.29, 0.717) is 0 Å². The van der Waals surface area contributed by atoms with E-state index in [1.807, 2.05) is 0 Å². The molecule has 1 aromatic carbocycles. The second kappa shape index (κ2) is 6.05. The average molecular weight is 283 g/mol. The molecule has 0 heterocycles. The van der Waals surface area contributed by atoms with Gasteiger partial charge >= 0.3 is 7.12 Å². The number of rotatable bonds is 4.